The normalized spacial score (nSPS) is 14.8. The highest BCUT2D eigenvalue weighted by molar-refractivity contribution is 6.09. The molecule has 0 aliphatic heterocycles. The molecule has 2 aromatic carbocycles. The van der Waals surface area contributed by atoms with Crippen LogP contribution in [0.3, 0.4) is 0 Å². The second-order valence-corrected chi connectivity index (χ2v) is 8.38. The Balaban J connectivity index is 0.000000347. The number of carboxylic acids is 1. The summed E-state index contributed by atoms with van der Waals surface area (Å²) in [6, 6.07) is 15.7. The molecule has 0 fully saturated rings. The van der Waals surface area contributed by atoms with Crippen LogP contribution in [0.25, 0.3) is 0 Å². The summed E-state index contributed by atoms with van der Waals surface area (Å²) in [6.45, 7) is 7.74. The third-order valence-corrected chi connectivity index (χ3v) is 4.42. The first-order valence-corrected chi connectivity index (χ1v) is 10.0. The number of ketones is 1. The lowest BCUT2D eigenvalue weighted by atomic mass is 9.96. The van der Waals surface area contributed by atoms with Crippen molar-refractivity contribution in [2.45, 2.75) is 58.0 Å². The van der Waals surface area contributed by atoms with Crippen molar-refractivity contribution < 1.29 is 34.4 Å². The number of hydrogen-bond acceptors (Lipinski definition) is 7. The molecule has 0 bridgehead atoms. The average Bonchev–Trinajstić information content (AvgIpc) is 2.72. The fourth-order valence-corrected chi connectivity index (χ4v) is 2.38. The van der Waals surface area contributed by atoms with Gasteiger partial charge < -0.3 is 20.1 Å². The van der Waals surface area contributed by atoms with Gasteiger partial charge in [-0.3, -0.25) is 15.3 Å². The first-order chi connectivity index (χ1) is 14.7. The molecular formula is C24H31NO7. The van der Waals surface area contributed by atoms with Crippen LogP contribution in [0.4, 0.5) is 0 Å². The van der Waals surface area contributed by atoms with Crippen LogP contribution in [0.15, 0.2) is 54.6 Å². The monoisotopic (exact) mass is 445 g/mol. The molecule has 5 N–H and O–H groups in total. The maximum absolute atomic E-state index is 12.2. The van der Waals surface area contributed by atoms with Gasteiger partial charge in [0, 0.05) is 11.1 Å². The molecule has 0 spiro atoms. The van der Waals surface area contributed by atoms with Crippen molar-refractivity contribution in [1.29, 1.82) is 0 Å². The Morgan fingerprint density at radius 2 is 1.47 bits per heavy atom. The van der Waals surface area contributed by atoms with Crippen LogP contribution in [-0.4, -0.2) is 50.5 Å². The number of hydrogen-bond donors (Lipinski definition) is 4. The number of aliphatic hydroxyl groups is 2. The Morgan fingerprint density at radius 3 is 1.94 bits per heavy atom. The third-order valence-electron chi connectivity index (χ3n) is 4.42. The highest BCUT2D eigenvalue weighted by Gasteiger charge is 2.40. The van der Waals surface area contributed by atoms with E-state index in [4.69, 9.17) is 20.7 Å². The van der Waals surface area contributed by atoms with Crippen LogP contribution < -0.4 is 5.73 Å². The van der Waals surface area contributed by atoms with Crippen molar-refractivity contribution in [1.82, 2.24) is 0 Å². The molecule has 8 heteroatoms. The minimum absolute atomic E-state index is 0.0972. The molecule has 3 unspecified atom stereocenters. The lowest BCUT2D eigenvalue weighted by Gasteiger charge is -2.28. The Labute approximate surface area is 187 Å². The number of nitrogens with two attached hydrogens (primary N) is 1. The largest absolute Gasteiger partial charge is 0.481 e. The zero-order valence-corrected chi connectivity index (χ0v) is 18.9. The van der Waals surface area contributed by atoms with Crippen LogP contribution >= 0.6 is 0 Å². The number of carbonyl (C=O) groups excluding carboxylic acids is 2. The smallest absolute Gasteiger partial charge is 0.356 e. The van der Waals surface area contributed by atoms with Gasteiger partial charge in [0.05, 0.1) is 5.92 Å². The molecular weight excluding hydrogens is 414 g/mol. The van der Waals surface area contributed by atoms with Gasteiger partial charge >= 0.3 is 11.9 Å². The molecule has 0 radical (unpaired) electrons. The molecule has 0 saturated heterocycles. The Bertz CT molecular complexity index is 931. The van der Waals surface area contributed by atoms with Gasteiger partial charge in [0.25, 0.3) is 0 Å². The highest BCUT2D eigenvalue weighted by Crippen LogP contribution is 2.19. The topological polar surface area (TPSA) is 147 Å². The highest BCUT2D eigenvalue weighted by atomic mass is 16.6. The first kappa shape index (κ1) is 27.0. The van der Waals surface area contributed by atoms with E-state index in [0.717, 1.165) is 0 Å². The van der Waals surface area contributed by atoms with Gasteiger partial charge in [-0.05, 0) is 46.2 Å². The number of rotatable bonds is 6. The van der Waals surface area contributed by atoms with Gasteiger partial charge in [0.2, 0.25) is 5.72 Å². The number of carbonyl (C=O) groups is 3. The van der Waals surface area contributed by atoms with Gasteiger partial charge in [-0.1, -0.05) is 48.5 Å². The Kier molecular flexibility index (Phi) is 9.26. The fraction of sp³-hybridized carbons (Fsp3) is 0.375. The predicted molar refractivity (Wildman–Crippen MR) is 119 cm³/mol. The van der Waals surface area contributed by atoms with E-state index in [1.165, 1.54) is 6.92 Å². The standard InChI is InChI=1S/C16H14O3.C8H17NO4/c1-11(16(18)19)13-8-5-9-14(10-13)15(17)12-6-3-2-4-7-12;1-5(10)8(9,12)6(11)13-7(2,3)4/h2-11H,1H3,(H,18,19);5,10,12H,9H2,1-4H3. The van der Waals surface area contributed by atoms with Crippen molar-refractivity contribution >= 4 is 17.7 Å². The third kappa shape index (κ3) is 7.88. The molecule has 0 aromatic heterocycles. The average molecular weight is 446 g/mol. The molecule has 3 atom stereocenters. The van der Waals surface area contributed by atoms with E-state index in [1.807, 2.05) is 6.07 Å². The maximum atomic E-state index is 12.2. The Morgan fingerprint density at radius 1 is 0.938 bits per heavy atom. The van der Waals surface area contributed by atoms with Crippen molar-refractivity contribution in [3.63, 3.8) is 0 Å². The minimum atomic E-state index is -2.34. The summed E-state index contributed by atoms with van der Waals surface area (Å²) < 4.78 is 4.79. The summed E-state index contributed by atoms with van der Waals surface area (Å²) in [6.07, 6.45) is -1.37. The predicted octanol–water partition coefficient (Wildman–Crippen LogP) is 2.46. The zero-order chi connectivity index (χ0) is 24.7. The number of ether oxygens (including phenoxy) is 1. The van der Waals surface area contributed by atoms with E-state index in [9.17, 15) is 19.5 Å². The SMILES string of the molecule is CC(C(=O)O)c1cccc(C(=O)c2ccccc2)c1.CC(O)C(N)(O)C(=O)OC(C)(C)C. The molecule has 0 heterocycles. The van der Waals surface area contributed by atoms with E-state index < -0.39 is 35.3 Å². The second kappa shape index (κ2) is 11.0. The number of benzene rings is 2. The van der Waals surface area contributed by atoms with Crippen molar-refractivity contribution in [3.8, 4) is 0 Å². The van der Waals surface area contributed by atoms with Crippen LogP contribution in [0.1, 0.15) is 62.0 Å². The second-order valence-electron chi connectivity index (χ2n) is 8.38. The molecule has 0 aliphatic rings. The number of esters is 1. The minimum Gasteiger partial charge on any atom is -0.481 e. The summed E-state index contributed by atoms with van der Waals surface area (Å²) in [7, 11) is 0. The molecule has 0 saturated carbocycles. The van der Waals surface area contributed by atoms with Crippen LogP contribution in [0, 0.1) is 0 Å². The number of aliphatic hydroxyl groups excluding tert-OH is 1. The van der Waals surface area contributed by atoms with Crippen LogP contribution in [0.2, 0.25) is 0 Å². The summed E-state index contributed by atoms with van der Waals surface area (Å²) in [5, 5.41) is 27.2. The van der Waals surface area contributed by atoms with Gasteiger partial charge in [0.1, 0.15) is 11.7 Å². The Hall–Kier alpha value is -3.07. The molecule has 0 aliphatic carbocycles. The molecule has 8 nitrogen and oxygen atoms in total. The fourth-order valence-electron chi connectivity index (χ4n) is 2.38. The van der Waals surface area contributed by atoms with E-state index in [0.29, 0.717) is 16.7 Å². The first-order valence-electron chi connectivity index (χ1n) is 10.0. The van der Waals surface area contributed by atoms with Gasteiger partial charge in [-0.25, -0.2) is 4.79 Å². The lowest BCUT2D eigenvalue weighted by Crippen LogP contribution is -2.58. The van der Waals surface area contributed by atoms with E-state index >= 15 is 0 Å². The van der Waals surface area contributed by atoms with E-state index in [1.54, 1.807) is 76.2 Å². The van der Waals surface area contributed by atoms with Crippen molar-refractivity contribution in [2.75, 3.05) is 0 Å². The number of carboxylic acid groups (broad SMARTS) is 1. The molecule has 0 amide bonds. The van der Waals surface area contributed by atoms with Gasteiger partial charge in [-0.15, -0.1) is 0 Å². The van der Waals surface area contributed by atoms with Crippen molar-refractivity contribution in [2.24, 2.45) is 5.73 Å². The quantitative estimate of drug-likeness (QED) is 0.301. The summed E-state index contributed by atoms with van der Waals surface area (Å²) >= 11 is 0. The summed E-state index contributed by atoms with van der Waals surface area (Å²) in [4.78, 5) is 34.4. The zero-order valence-electron chi connectivity index (χ0n) is 18.9. The molecule has 174 valence electrons. The van der Waals surface area contributed by atoms with E-state index in [-0.39, 0.29) is 5.78 Å². The lowest BCUT2D eigenvalue weighted by molar-refractivity contribution is -0.187. The molecule has 32 heavy (non-hydrogen) atoms. The molecule has 2 aromatic rings. The summed E-state index contributed by atoms with van der Waals surface area (Å²) in [5.74, 6) is -2.65. The van der Waals surface area contributed by atoms with Crippen LogP contribution in [-0.2, 0) is 14.3 Å². The number of aliphatic carboxylic acids is 1. The molecule has 2 rings (SSSR count). The maximum Gasteiger partial charge on any atom is 0.356 e. The van der Waals surface area contributed by atoms with Crippen LogP contribution in [0.5, 0.6) is 0 Å². The van der Waals surface area contributed by atoms with Gasteiger partial charge in [0.15, 0.2) is 5.78 Å². The van der Waals surface area contributed by atoms with E-state index in [2.05, 4.69) is 0 Å². The van der Waals surface area contributed by atoms with Crippen molar-refractivity contribution in [3.05, 3.63) is 71.3 Å². The van der Waals surface area contributed by atoms with Gasteiger partial charge in [-0.2, -0.15) is 0 Å². The summed E-state index contributed by atoms with van der Waals surface area (Å²) in [5.41, 5.74) is 3.81.